The van der Waals surface area contributed by atoms with E-state index in [0.717, 1.165) is 6.42 Å². The lowest BCUT2D eigenvalue weighted by Gasteiger charge is -2.38. The van der Waals surface area contributed by atoms with Crippen molar-refractivity contribution < 1.29 is 14.3 Å². The van der Waals surface area contributed by atoms with Gasteiger partial charge in [-0.25, -0.2) is 4.79 Å². The summed E-state index contributed by atoms with van der Waals surface area (Å²) >= 11 is 2.35. The van der Waals surface area contributed by atoms with Crippen LogP contribution in [0.5, 0.6) is 0 Å². The third kappa shape index (κ3) is 6.40. The molecular weight excluding hydrogens is 383 g/mol. The normalized spacial score (nSPS) is 23.7. The lowest BCUT2D eigenvalue weighted by Crippen LogP contribution is -2.57. The predicted octanol–water partition coefficient (Wildman–Crippen LogP) is 3.10. The third-order valence-corrected chi connectivity index (χ3v) is 4.10. The first-order valence-corrected chi connectivity index (χ1v) is 8.59. The van der Waals surface area contributed by atoms with Crippen LogP contribution in [0.1, 0.15) is 54.4 Å². The van der Waals surface area contributed by atoms with Crippen molar-refractivity contribution in [2.75, 3.05) is 6.54 Å². The Hall–Kier alpha value is -0.530. The second-order valence-electron chi connectivity index (χ2n) is 7.55. The van der Waals surface area contributed by atoms with E-state index in [1.54, 1.807) is 4.90 Å². The van der Waals surface area contributed by atoms with Gasteiger partial charge in [0, 0.05) is 16.0 Å². The highest BCUT2D eigenvalue weighted by atomic mass is 127. The Bertz CT molecular complexity index is 399. The zero-order valence-corrected chi connectivity index (χ0v) is 16.0. The minimum atomic E-state index is -0.552. The standard InChI is InChI=1S/C15H27IN2O3/c1-14(2,3)17-12(19)11-9-10(16)7-8-18(11)13(20)21-15(4,5)6/h10-11H,7-9H2,1-6H3,(H,17,19)/t10-,11-/m0/s1. The Labute approximate surface area is 141 Å². The number of carbonyl (C=O) groups is 2. The molecule has 0 aromatic rings. The summed E-state index contributed by atoms with van der Waals surface area (Å²) in [6.45, 7) is 11.9. The average molecular weight is 410 g/mol. The number of amides is 2. The summed E-state index contributed by atoms with van der Waals surface area (Å²) in [7, 11) is 0. The molecule has 1 aliphatic heterocycles. The molecule has 1 rings (SSSR count). The molecule has 1 fully saturated rings. The Morgan fingerprint density at radius 3 is 2.24 bits per heavy atom. The molecule has 1 saturated heterocycles. The number of carbonyl (C=O) groups excluding carboxylic acids is 2. The molecule has 5 nitrogen and oxygen atoms in total. The second kappa shape index (κ2) is 6.71. The molecule has 2 amide bonds. The molecule has 0 aromatic carbocycles. The molecule has 1 N–H and O–H groups in total. The lowest BCUT2D eigenvalue weighted by atomic mass is 10.00. The third-order valence-electron chi connectivity index (χ3n) is 2.97. The van der Waals surface area contributed by atoms with E-state index >= 15 is 0 Å². The van der Waals surface area contributed by atoms with E-state index in [4.69, 9.17) is 4.74 Å². The average Bonchev–Trinajstić information content (AvgIpc) is 2.23. The molecule has 1 heterocycles. The topological polar surface area (TPSA) is 58.6 Å². The van der Waals surface area contributed by atoms with E-state index in [-0.39, 0.29) is 11.4 Å². The second-order valence-corrected chi connectivity index (χ2v) is 9.31. The molecule has 0 saturated carbocycles. The van der Waals surface area contributed by atoms with Crippen LogP contribution in [0.15, 0.2) is 0 Å². The summed E-state index contributed by atoms with van der Waals surface area (Å²) in [6.07, 6.45) is 1.15. The molecule has 0 radical (unpaired) electrons. The fourth-order valence-electron chi connectivity index (χ4n) is 2.16. The van der Waals surface area contributed by atoms with Crippen molar-refractivity contribution in [1.82, 2.24) is 10.2 Å². The predicted molar refractivity (Wildman–Crippen MR) is 91.7 cm³/mol. The number of likely N-dealkylation sites (tertiary alicyclic amines) is 1. The zero-order chi connectivity index (χ0) is 16.4. The summed E-state index contributed by atoms with van der Waals surface area (Å²) in [6, 6.07) is -0.449. The van der Waals surface area contributed by atoms with Crippen molar-refractivity contribution in [2.24, 2.45) is 0 Å². The smallest absolute Gasteiger partial charge is 0.410 e. The molecule has 0 unspecified atom stereocenters. The van der Waals surface area contributed by atoms with E-state index < -0.39 is 17.7 Å². The number of hydrogen-bond donors (Lipinski definition) is 1. The maximum atomic E-state index is 12.5. The summed E-state index contributed by atoms with van der Waals surface area (Å²) in [5.74, 6) is -0.102. The highest BCUT2D eigenvalue weighted by molar-refractivity contribution is 14.1. The number of hydrogen-bond acceptors (Lipinski definition) is 3. The van der Waals surface area contributed by atoms with Gasteiger partial charge in [0.15, 0.2) is 0 Å². The highest BCUT2D eigenvalue weighted by Crippen LogP contribution is 2.26. The largest absolute Gasteiger partial charge is 0.444 e. The van der Waals surface area contributed by atoms with Gasteiger partial charge in [-0.15, -0.1) is 0 Å². The molecule has 0 bridgehead atoms. The van der Waals surface area contributed by atoms with Crippen LogP contribution in [0.25, 0.3) is 0 Å². The maximum Gasteiger partial charge on any atom is 0.410 e. The van der Waals surface area contributed by atoms with Gasteiger partial charge in [-0.3, -0.25) is 9.69 Å². The summed E-state index contributed by atoms with van der Waals surface area (Å²) in [5, 5.41) is 2.97. The summed E-state index contributed by atoms with van der Waals surface area (Å²) in [4.78, 5) is 26.4. The lowest BCUT2D eigenvalue weighted by molar-refractivity contribution is -0.128. The van der Waals surface area contributed by atoms with Crippen LogP contribution >= 0.6 is 22.6 Å². The zero-order valence-electron chi connectivity index (χ0n) is 13.8. The number of rotatable bonds is 1. The highest BCUT2D eigenvalue weighted by Gasteiger charge is 2.38. The Morgan fingerprint density at radius 2 is 1.76 bits per heavy atom. The van der Waals surface area contributed by atoms with Crippen LogP contribution in [0.2, 0.25) is 0 Å². The number of halogens is 1. The van der Waals surface area contributed by atoms with Crippen molar-refractivity contribution in [3.8, 4) is 0 Å². The summed E-state index contributed by atoms with van der Waals surface area (Å²) in [5.41, 5.74) is -0.863. The van der Waals surface area contributed by atoms with Gasteiger partial charge in [-0.2, -0.15) is 0 Å². The van der Waals surface area contributed by atoms with Gasteiger partial charge < -0.3 is 10.1 Å². The van der Waals surface area contributed by atoms with Crippen LogP contribution < -0.4 is 5.32 Å². The molecule has 0 aromatic heterocycles. The minimum Gasteiger partial charge on any atom is -0.444 e. The van der Waals surface area contributed by atoms with Gasteiger partial charge >= 0.3 is 6.09 Å². The van der Waals surface area contributed by atoms with Crippen LogP contribution in [0.4, 0.5) is 4.79 Å². The van der Waals surface area contributed by atoms with Gasteiger partial charge in [-0.1, -0.05) is 22.6 Å². The monoisotopic (exact) mass is 410 g/mol. The number of ether oxygens (including phenoxy) is 1. The van der Waals surface area contributed by atoms with Crippen molar-refractivity contribution in [3.63, 3.8) is 0 Å². The summed E-state index contributed by atoms with van der Waals surface area (Å²) < 4.78 is 5.83. The molecule has 21 heavy (non-hydrogen) atoms. The Kier molecular flexibility index (Phi) is 5.91. The van der Waals surface area contributed by atoms with Gasteiger partial charge in [0.05, 0.1) is 0 Å². The first kappa shape index (κ1) is 18.5. The quantitative estimate of drug-likeness (QED) is 0.534. The van der Waals surface area contributed by atoms with Crippen LogP contribution in [0, 0.1) is 0 Å². The number of nitrogens with one attached hydrogen (secondary N) is 1. The Morgan fingerprint density at radius 1 is 1.19 bits per heavy atom. The first-order chi connectivity index (χ1) is 9.39. The van der Waals surface area contributed by atoms with E-state index in [2.05, 4.69) is 27.9 Å². The van der Waals surface area contributed by atoms with Crippen molar-refractivity contribution in [3.05, 3.63) is 0 Å². The van der Waals surface area contributed by atoms with E-state index in [1.807, 2.05) is 41.5 Å². The van der Waals surface area contributed by atoms with E-state index in [0.29, 0.717) is 16.9 Å². The van der Waals surface area contributed by atoms with Crippen LogP contribution in [-0.2, 0) is 9.53 Å². The van der Waals surface area contributed by atoms with Gasteiger partial charge in [0.25, 0.3) is 0 Å². The molecular formula is C15H27IN2O3. The number of piperidine rings is 1. The fourth-order valence-corrected chi connectivity index (χ4v) is 2.92. The molecule has 2 atom stereocenters. The molecule has 122 valence electrons. The molecule has 0 aliphatic carbocycles. The fraction of sp³-hybridized carbons (Fsp3) is 0.867. The van der Waals surface area contributed by atoms with E-state index in [1.165, 1.54) is 0 Å². The minimum absolute atomic E-state index is 0.102. The number of nitrogens with zero attached hydrogens (tertiary/aromatic N) is 1. The van der Waals surface area contributed by atoms with Crippen molar-refractivity contribution >= 4 is 34.6 Å². The van der Waals surface area contributed by atoms with Gasteiger partial charge in [-0.05, 0) is 54.4 Å². The molecule has 0 spiro atoms. The number of alkyl halides is 1. The Balaban J connectivity index is 2.84. The van der Waals surface area contributed by atoms with E-state index in [9.17, 15) is 9.59 Å². The SMILES string of the molecule is CC(C)(C)NC(=O)[C@@H]1C[C@@H](I)CCN1C(=O)OC(C)(C)C. The van der Waals surface area contributed by atoms with Crippen LogP contribution in [0.3, 0.4) is 0 Å². The maximum absolute atomic E-state index is 12.5. The van der Waals surface area contributed by atoms with Gasteiger partial charge in [0.2, 0.25) is 5.91 Å². The molecule has 6 heteroatoms. The van der Waals surface area contributed by atoms with Crippen LogP contribution in [-0.4, -0.2) is 44.6 Å². The molecule has 1 aliphatic rings. The van der Waals surface area contributed by atoms with Crippen molar-refractivity contribution in [1.29, 1.82) is 0 Å². The first-order valence-electron chi connectivity index (χ1n) is 7.35. The van der Waals surface area contributed by atoms with Crippen molar-refractivity contribution in [2.45, 2.75) is 75.5 Å². The van der Waals surface area contributed by atoms with Gasteiger partial charge in [0.1, 0.15) is 11.6 Å².